The number of hydrogen-bond acceptors (Lipinski definition) is 3. The molecule has 1 atom stereocenters. The average molecular weight is 365 g/mol. The van der Waals surface area contributed by atoms with Gasteiger partial charge in [-0.3, -0.25) is 4.90 Å². The highest BCUT2D eigenvalue weighted by atomic mass is 35.5. The minimum atomic E-state index is -3.11. The number of nitrogens with one attached hydrogen (secondary N) is 1. The van der Waals surface area contributed by atoms with Gasteiger partial charge in [-0.15, -0.1) is 0 Å². The van der Waals surface area contributed by atoms with Crippen LogP contribution in [0.1, 0.15) is 6.42 Å². The lowest BCUT2D eigenvalue weighted by atomic mass is 10.2. The second kappa shape index (κ2) is 6.83. The number of benzene rings is 2. The zero-order valence-electron chi connectivity index (χ0n) is 12.9. The lowest BCUT2D eigenvalue weighted by Crippen LogP contribution is -2.43. The van der Waals surface area contributed by atoms with Crippen molar-refractivity contribution in [2.45, 2.75) is 12.5 Å². The summed E-state index contributed by atoms with van der Waals surface area (Å²) < 4.78 is 23.7. The van der Waals surface area contributed by atoms with Gasteiger partial charge in [0.1, 0.15) is 0 Å². The number of urea groups is 1. The molecule has 7 heteroatoms. The lowest BCUT2D eigenvalue weighted by molar-refractivity contribution is 0.255. The van der Waals surface area contributed by atoms with Crippen LogP contribution >= 0.6 is 11.6 Å². The molecule has 0 saturated carbocycles. The smallest absolute Gasteiger partial charge is 0.308 e. The zero-order chi connectivity index (χ0) is 17.2. The van der Waals surface area contributed by atoms with Crippen LogP contribution in [0.3, 0.4) is 0 Å². The third-order valence-corrected chi connectivity index (χ3v) is 5.92. The standard InChI is InChI=1S/C17H17ClN2O3S/c18-13-6-8-15(9-7-13)20(16-10-11-24(22,23)12-16)17(21)19-14-4-2-1-3-5-14/h1-9,16H,10-12H2,(H,19,21)/t16-/m1/s1. The van der Waals surface area contributed by atoms with Gasteiger partial charge in [-0.25, -0.2) is 13.2 Å². The van der Waals surface area contributed by atoms with Gasteiger partial charge in [0, 0.05) is 16.4 Å². The molecule has 1 saturated heterocycles. The number of halogens is 1. The molecule has 1 heterocycles. The van der Waals surface area contributed by atoms with E-state index in [1.165, 1.54) is 4.90 Å². The predicted octanol–water partition coefficient (Wildman–Crippen LogP) is 3.57. The van der Waals surface area contributed by atoms with Crippen LogP contribution < -0.4 is 10.2 Å². The monoisotopic (exact) mass is 364 g/mol. The van der Waals surface area contributed by atoms with Crippen LogP contribution in [0, 0.1) is 0 Å². The normalized spacial score (nSPS) is 19.0. The van der Waals surface area contributed by atoms with E-state index in [2.05, 4.69) is 5.32 Å². The van der Waals surface area contributed by atoms with Gasteiger partial charge in [0.2, 0.25) is 0 Å². The van der Waals surface area contributed by atoms with Gasteiger partial charge in [-0.2, -0.15) is 0 Å². The Morgan fingerprint density at radius 1 is 1.08 bits per heavy atom. The summed E-state index contributed by atoms with van der Waals surface area (Å²) in [5.41, 5.74) is 1.28. The minimum absolute atomic E-state index is 0.0299. The molecule has 0 radical (unpaired) electrons. The Balaban J connectivity index is 1.89. The number of sulfone groups is 1. The number of anilines is 2. The Hall–Kier alpha value is -2.05. The second-order valence-electron chi connectivity index (χ2n) is 5.70. The molecule has 0 aliphatic carbocycles. The van der Waals surface area contributed by atoms with Crippen molar-refractivity contribution >= 4 is 38.8 Å². The molecule has 1 fully saturated rings. The van der Waals surface area contributed by atoms with E-state index in [1.54, 1.807) is 36.4 Å². The Morgan fingerprint density at radius 3 is 2.33 bits per heavy atom. The van der Waals surface area contributed by atoms with Crippen LogP contribution in [0.4, 0.5) is 16.2 Å². The molecule has 3 rings (SSSR count). The zero-order valence-corrected chi connectivity index (χ0v) is 14.4. The highest BCUT2D eigenvalue weighted by molar-refractivity contribution is 7.91. The SMILES string of the molecule is O=C(Nc1ccccc1)N(c1ccc(Cl)cc1)[C@@H]1CCS(=O)(=O)C1. The van der Waals surface area contributed by atoms with Crippen LogP contribution in [-0.4, -0.2) is 32.0 Å². The molecule has 0 unspecified atom stereocenters. The highest BCUT2D eigenvalue weighted by Gasteiger charge is 2.35. The molecule has 126 valence electrons. The molecule has 5 nitrogen and oxygen atoms in total. The van der Waals surface area contributed by atoms with Crippen molar-refractivity contribution in [1.29, 1.82) is 0 Å². The summed E-state index contributed by atoms with van der Waals surface area (Å²) in [6.45, 7) is 0. The summed E-state index contributed by atoms with van der Waals surface area (Å²) in [6, 6.07) is 15.1. The van der Waals surface area contributed by atoms with Gasteiger partial charge >= 0.3 is 6.03 Å². The lowest BCUT2D eigenvalue weighted by Gasteiger charge is -2.28. The molecule has 0 bridgehead atoms. The fourth-order valence-electron chi connectivity index (χ4n) is 2.78. The molecule has 1 N–H and O–H groups in total. The molecule has 0 spiro atoms. The quantitative estimate of drug-likeness (QED) is 0.905. The first kappa shape index (κ1) is 16.8. The van der Waals surface area contributed by atoms with Crippen molar-refractivity contribution in [3.63, 3.8) is 0 Å². The summed E-state index contributed by atoms with van der Waals surface area (Å²) in [5.74, 6) is 0.0677. The Labute approximate surface area is 146 Å². The molecule has 2 aromatic rings. The number of nitrogens with zero attached hydrogens (tertiary/aromatic N) is 1. The van der Waals surface area contributed by atoms with E-state index >= 15 is 0 Å². The molecule has 2 amide bonds. The summed E-state index contributed by atoms with van der Waals surface area (Å²) in [7, 11) is -3.11. The van der Waals surface area contributed by atoms with E-state index in [0.29, 0.717) is 22.8 Å². The Morgan fingerprint density at radius 2 is 1.75 bits per heavy atom. The molecular weight excluding hydrogens is 348 g/mol. The van der Waals surface area contributed by atoms with E-state index < -0.39 is 9.84 Å². The van der Waals surface area contributed by atoms with Crippen LogP contribution in [0.5, 0.6) is 0 Å². The third kappa shape index (κ3) is 3.88. The first-order chi connectivity index (χ1) is 11.4. The van der Waals surface area contributed by atoms with Gasteiger partial charge in [-0.05, 0) is 42.8 Å². The van der Waals surface area contributed by atoms with Gasteiger partial charge in [-0.1, -0.05) is 29.8 Å². The summed E-state index contributed by atoms with van der Waals surface area (Å²) in [5, 5.41) is 3.38. The largest absolute Gasteiger partial charge is 0.326 e. The van der Waals surface area contributed by atoms with E-state index in [1.807, 2.05) is 18.2 Å². The van der Waals surface area contributed by atoms with Crippen molar-refractivity contribution < 1.29 is 13.2 Å². The van der Waals surface area contributed by atoms with Crippen molar-refractivity contribution in [3.8, 4) is 0 Å². The molecule has 24 heavy (non-hydrogen) atoms. The average Bonchev–Trinajstić information content (AvgIpc) is 2.90. The van der Waals surface area contributed by atoms with Gasteiger partial charge in [0.05, 0.1) is 17.5 Å². The number of carbonyl (C=O) groups excluding carboxylic acids is 1. The summed E-state index contributed by atoms with van der Waals surface area (Å²) in [4.78, 5) is 14.3. The maximum Gasteiger partial charge on any atom is 0.326 e. The van der Waals surface area contributed by atoms with Gasteiger partial charge < -0.3 is 5.32 Å². The van der Waals surface area contributed by atoms with Crippen LogP contribution in [-0.2, 0) is 9.84 Å². The maximum absolute atomic E-state index is 12.8. The van der Waals surface area contributed by atoms with Crippen LogP contribution in [0.2, 0.25) is 5.02 Å². The van der Waals surface area contributed by atoms with E-state index in [9.17, 15) is 13.2 Å². The first-order valence-corrected chi connectivity index (χ1v) is 9.76. The number of hydrogen-bond donors (Lipinski definition) is 1. The minimum Gasteiger partial charge on any atom is -0.308 e. The van der Waals surface area contributed by atoms with Crippen LogP contribution in [0.15, 0.2) is 54.6 Å². The van der Waals surface area contributed by atoms with E-state index in [4.69, 9.17) is 11.6 Å². The molecule has 2 aromatic carbocycles. The first-order valence-electron chi connectivity index (χ1n) is 7.56. The summed E-state index contributed by atoms with van der Waals surface area (Å²) in [6.07, 6.45) is 0.424. The van der Waals surface area contributed by atoms with E-state index in [0.717, 1.165) is 0 Å². The molecule has 0 aromatic heterocycles. The molecule has 1 aliphatic rings. The number of para-hydroxylation sites is 1. The van der Waals surface area contributed by atoms with Gasteiger partial charge in [0.15, 0.2) is 9.84 Å². The number of amides is 2. The van der Waals surface area contributed by atoms with Crippen molar-refractivity contribution in [2.75, 3.05) is 21.7 Å². The fraction of sp³-hybridized carbons (Fsp3) is 0.235. The number of rotatable bonds is 3. The third-order valence-electron chi connectivity index (χ3n) is 3.92. The predicted molar refractivity (Wildman–Crippen MR) is 96.5 cm³/mol. The van der Waals surface area contributed by atoms with Crippen molar-refractivity contribution in [2.24, 2.45) is 0 Å². The molecule has 1 aliphatic heterocycles. The van der Waals surface area contributed by atoms with Gasteiger partial charge in [0.25, 0.3) is 0 Å². The van der Waals surface area contributed by atoms with Crippen molar-refractivity contribution in [3.05, 3.63) is 59.6 Å². The fourth-order valence-corrected chi connectivity index (χ4v) is 4.61. The summed E-state index contributed by atoms with van der Waals surface area (Å²) >= 11 is 5.92. The van der Waals surface area contributed by atoms with E-state index in [-0.39, 0.29) is 23.6 Å². The van der Waals surface area contributed by atoms with Crippen molar-refractivity contribution in [1.82, 2.24) is 0 Å². The maximum atomic E-state index is 12.8. The number of carbonyl (C=O) groups is 1. The molecular formula is C17H17ClN2O3S. The van der Waals surface area contributed by atoms with Crippen LogP contribution in [0.25, 0.3) is 0 Å². The second-order valence-corrected chi connectivity index (χ2v) is 8.36. The highest BCUT2D eigenvalue weighted by Crippen LogP contribution is 2.26. The Bertz CT molecular complexity index is 823. The Kier molecular flexibility index (Phi) is 4.78. The topological polar surface area (TPSA) is 66.5 Å².